The first-order chi connectivity index (χ1) is 17.5. The predicted molar refractivity (Wildman–Crippen MR) is 140 cm³/mol. The molecule has 0 aliphatic heterocycles. The van der Waals surface area contributed by atoms with E-state index in [2.05, 4.69) is 63.9 Å². The molecule has 0 bridgehead atoms. The quantitative estimate of drug-likeness (QED) is 0.152. The Morgan fingerprint density at radius 2 is 1.46 bits per heavy atom. The summed E-state index contributed by atoms with van der Waals surface area (Å²) in [4.78, 5) is 55.4. The van der Waals surface area contributed by atoms with Crippen molar-refractivity contribution in [1.29, 1.82) is 5.26 Å². The Labute approximate surface area is 219 Å². The van der Waals surface area contributed by atoms with Crippen LogP contribution in [0.5, 0.6) is 0 Å². The van der Waals surface area contributed by atoms with Crippen molar-refractivity contribution in [2.75, 3.05) is 22.5 Å². The third kappa shape index (κ3) is 5.96. The minimum absolute atomic E-state index is 0.111. The Morgan fingerprint density at radius 1 is 0.919 bits per heavy atom. The van der Waals surface area contributed by atoms with E-state index >= 15 is 0 Å². The molecule has 0 unspecified atom stereocenters. The number of H-pyrrole nitrogens is 3. The molecule has 3 aromatic rings. The van der Waals surface area contributed by atoms with Crippen LogP contribution in [0.25, 0.3) is 0 Å². The molecule has 192 valence electrons. The van der Waals surface area contributed by atoms with Gasteiger partial charge in [-0.2, -0.15) is 10.4 Å². The standard InChI is InChI=1S/C23H24BrN9O4/c1-10-14(8-27-16(10)21(35)26-7-5-6-25)29-22(36)17-11(2)15(9-28-17)30-23(37)18-12(3)19(33-32-18)31-20(34)13(4)24/h8-9,27-28H,4-5,7H2,1-3H3,(H,26,35)(H,29,36)(H,30,37)(H2,31,32,33,34). The van der Waals surface area contributed by atoms with Crippen LogP contribution in [0.3, 0.4) is 0 Å². The molecule has 7 N–H and O–H groups in total. The summed E-state index contributed by atoms with van der Waals surface area (Å²) in [6.07, 6.45) is 3.16. The average Bonchev–Trinajstić information content (AvgIpc) is 3.51. The summed E-state index contributed by atoms with van der Waals surface area (Å²) < 4.78 is 0.111. The zero-order valence-electron chi connectivity index (χ0n) is 20.2. The van der Waals surface area contributed by atoms with E-state index < -0.39 is 17.7 Å². The molecule has 4 amide bonds. The van der Waals surface area contributed by atoms with E-state index in [1.54, 1.807) is 20.8 Å². The first-order valence-electron chi connectivity index (χ1n) is 10.9. The fourth-order valence-corrected chi connectivity index (χ4v) is 3.43. The third-order valence-corrected chi connectivity index (χ3v) is 5.83. The molecule has 13 nitrogen and oxygen atoms in total. The number of carbonyl (C=O) groups is 4. The van der Waals surface area contributed by atoms with Gasteiger partial charge in [0.25, 0.3) is 23.6 Å². The topological polar surface area (TPSA) is 200 Å². The second kappa shape index (κ2) is 11.4. The van der Waals surface area contributed by atoms with E-state index in [9.17, 15) is 19.2 Å². The number of aromatic nitrogens is 4. The largest absolute Gasteiger partial charge is 0.355 e. The van der Waals surface area contributed by atoms with Gasteiger partial charge in [-0.25, -0.2) is 0 Å². The molecule has 0 spiro atoms. The molecule has 0 atom stereocenters. The van der Waals surface area contributed by atoms with E-state index in [4.69, 9.17) is 5.26 Å². The lowest BCUT2D eigenvalue weighted by atomic mass is 10.2. The monoisotopic (exact) mass is 569 g/mol. The van der Waals surface area contributed by atoms with Crippen molar-refractivity contribution < 1.29 is 19.2 Å². The van der Waals surface area contributed by atoms with E-state index in [1.165, 1.54) is 12.4 Å². The highest BCUT2D eigenvalue weighted by atomic mass is 79.9. The second-order valence-corrected chi connectivity index (χ2v) is 8.87. The van der Waals surface area contributed by atoms with Gasteiger partial charge in [0.2, 0.25) is 0 Å². The third-order valence-electron chi connectivity index (χ3n) is 5.47. The van der Waals surface area contributed by atoms with Crippen molar-refractivity contribution in [3.8, 4) is 6.07 Å². The fourth-order valence-electron chi connectivity index (χ4n) is 3.33. The molecule has 0 fully saturated rings. The molecule has 0 aromatic carbocycles. The van der Waals surface area contributed by atoms with Gasteiger partial charge in [-0.05, 0) is 36.7 Å². The van der Waals surface area contributed by atoms with E-state index in [0.29, 0.717) is 28.1 Å². The van der Waals surface area contributed by atoms with Crippen LogP contribution in [0.4, 0.5) is 17.2 Å². The van der Waals surface area contributed by atoms with Gasteiger partial charge in [0.1, 0.15) is 17.1 Å². The maximum absolute atomic E-state index is 12.9. The second-order valence-electron chi connectivity index (χ2n) is 7.91. The summed E-state index contributed by atoms with van der Waals surface area (Å²) in [5, 5.41) is 25.7. The molecule has 37 heavy (non-hydrogen) atoms. The Bertz CT molecular complexity index is 1440. The number of rotatable bonds is 9. The van der Waals surface area contributed by atoms with Gasteiger partial charge in [0.05, 0.1) is 28.3 Å². The number of carbonyl (C=O) groups excluding carboxylic acids is 4. The zero-order chi connectivity index (χ0) is 27.3. The summed E-state index contributed by atoms with van der Waals surface area (Å²) in [5.41, 5.74) is 2.82. The molecule has 0 radical (unpaired) electrons. The number of nitrogens with zero attached hydrogens (tertiary/aromatic N) is 2. The number of nitrogens with one attached hydrogen (secondary N) is 7. The minimum atomic E-state index is -0.522. The fraction of sp³-hybridized carbons (Fsp3) is 0.217. The van der Waals surface area contributed by atoms with Gasteiger partial charge in [0.15, 0.2) is 5.82 Å². The molecule has 14 heteroatoms. The van der Waals surface area contributed by atoms with Crippen molar-refractivity contribution >= 4 is 56.8 Å². The highest BCUT2D eigenvalue weighted by Crippen LogP contribution is 2.24. The molecular formula is C23H24BrN9O4. The molecular weight excluding hydrogens is 546 g/mol. The number of halogens is 1. The van der Waals surface area contributed by atoms with E-state index in [0.717, 1.165) is 0 Å². The van der Waals surface area contributed by atoms with Crippen LogP contribution >= 0.6 is 15.9 Å². The Balaban J connectivity index is 1.69. The van der Waals surface area contributed by atoms with Crippen molar-refractivity contribution in [3.63, 3.8) is 0 Å². The first-order valence-corrected chi connectivity index (χ1v) is 11.7. The smallest absolute Gasteiger partial charge is 0.274 e. The van der Waals surface area contributed by atoms with E-state index in [-0.39, 0.29) is 46.3 Å². The number of anilines is 3. The number of aromatic amines is 3. The minimum Gasteiger partial charge on any atom is -0.355 e. The van der Waals surface area contributed by atoms with Gasteiger partial charge in [-0.3, -0.25) is 24.3 Å². The number of hydrogen-bond donors (Lipinski definition) is 7. The predicted octanol–water partition coefficient (Wildman–Crippen LogP) is 2.99. The summed E-state index contributed by atoms with van der Waals surface area (Å²) >= 11 is 2.98. The SMILES string of the molecule is C=C(Br)C(=O)Nc1n[nH]c(C(=O)Nc2c[nH]c(C(=O)Nc3c[nH]c(C(=O)NCCC#N)c3C)c2C)c1C. The molecule has 3 rings (SSSR count). The molecule has 0 aliphatic rings. The molecule has 3 heterocycles. The summed E-state index contributed by atoms with van der Waals surface area (Å²) in [6.45, 7) is 8.65. The van der Waals surface area contributed by atoms with Gasteiger partial charge in [-0.1, -0.05) is 6.58 Å². The van der Waals surface area contributed by atoms with Gasteiger partial charge < -0.3 is 31.2 Å². The highest BCUT2D eigenvalue weighted by molar-refractivity contribution is 9.12. The van der Waals surface area contributed by atoms with Crippen molar-refractivity contribution in [2.45, 2.75) is 27.2 Å². The Hall–Kier alpha value is -4.64. The van der Waals surface area contributed by atoms with Crippen LogP contribution in [0, 0.1) is 32.1 Å². The zero-order valence-corrected chi connectivity index (χ0v) is 21.8. The summed E-state index contributed by atoms with van der Waals surface area (Å²) in [7, 11) is 0. The summed E-state index contributed by atoms with van der Waals surface area (Å²) in [6, 6.07) is 1.94. The maximum Gasteiger partial charge on any atom is 0.274 e. The van der Waals surface area contributed by atoms with Gasteiger partial charge in [-0.15, -0.1) is 0 Å². The van der Waals surface area contributed by atoms with Crippen molar-refractivity contribution in [3.05, 3.63) is 57.2 Å². The van der Waals surface area contributed by atoms with E-state index in [1.807, 2.05) is 6.07 Å². The maximum atomic E-state index is 12.9. The van der Waals surface area contributed by atoms with Crippen LogP contribution in [0.2, 0.25) is 0 Å². The number of amides is 4. The summed E-state index contributed by atoms with van der Waals surface area (Å²) in [5.74, 6) is -1.70. The normalized spacial score (nSPS) is 10.4. The lowest BCUT2D eigenvalue weighted by molar-refractivity contribution is -0.112. The number of nitriles is 1. The molecule has 3 aromatic heterocycles. The lowest BCUT2D eigenvalue weighted by Crippen LogP contribution is -2.25. The highest BCUT2D eigenvalue weighted by Gasteiger charge is 2.22. The van der Waals surface area contributed by atoms with Gasteiger partial charge in [0, 0.05) is 35.6 Å². The average molecular weight is 570 g/mol. The Morgan fingerprint density at radius 3 is 2.00 bits per heavy atom. The van der Waals surface area contributed by atoms with Crippen LogP contribution in [0.1, 0.15) is 54.6 Å². The van der Waals surface area contributed by atoms with Crippen molar-refractivity contribution in [2.24, 2.45) is 0 Å². The van der Waals surface area contributed by atoms with Crippen LogP contribution in [-0.2, 0) is 4.79 Å². The van der Waals surface area contributed by atoms with Crippen LogP contribution in [-0.4, -0.2) is 50.3 Å². The molecule has 0 aliphatic carbocycles. The van der Waals surface area contributed by atoms with Crippen LogP contribution < -0.4 is 21.3 Å². The Kier molecular flexibility index (Phi) is 8.30. The lowest BCUT2D eigenvalue weighted by Gasteiger charge is -2.07. The first kappa shape index (κ1) is 27.0. The molecule has 0 saturated heterocycles. The van der Waals surface area contributed by atoms with Crippen molar-refractivity contribution in [1.82, 2.24) is 25.5 Å². The molecule has 0 saturated carbocycles. The number of hydrogen-bond acceptors (Lipinski definition) is 6. The van der Waals surface area contributed by atoms with Gasteiger partial charge >= 0.3 is 0 Å². The van der Waals surface area contributed by atoms with Crippen LogP contribution in [0.15, 0.2) is 23.5 Å².